The first-order valence-corrected chi connectivity index (χ1v) is 7.84. The lowest BCUT2D eigenvalue weighted by Gasteiger charge is -2.17. The molecular formula is C13H23N3O2S. The SMILES string of the molecule is C=CCN(CC)S(=O)(=O)c1cc(CN)n(C(C)C)c1. The van der Waals surface area contributed by atoms with Crippen molar-refractivity contribution in [2.75, 3.05) is 13.1 Å². The van der Waals surface area contributed by atoms with E-state index in [1.165, 1.54) is 4.31 Å². The van der Waals surface area contributed by atoms with Crippen molar-refractivity contribution >= 4 is 10.0 Å². The van der Waals surface area contributed by atoms with Crippen LogP contribution in [0.5, 0.6) is 0 Å². The molecule has 0 saturated carbocycles. The van der Waals surface area contributed by atoms with Gasteiger partial charge in [0.05, 0.1) is 0 Å². The van der Waals surface area contributed by atoms with Crippen molar-refractivity contribution in [3.8, 4) is 0 Å². The number of hydrogen-bond donors (Lipinski definition) is 1. The third-order valence-electron chi connectivity index (χ3n) is 3.00. The van der Waals surface area contributed by atoms with Crippen LogP contribution in [0.3, 0.4) is 0 Å². The van der Waals surface area contributed by atoms with Gasteiger partial charge in [-0.1, -0.05) is 13.0 Å². The summed E-state index contributed by atoms with van der Waals surface area (Å²) in [4.78, 5) is 0.297. The smallest absolute Gasteiger partial charge is 0.244 e. The molecule has 1 aromatic rings. The van der Waals surface area contributed by atoms with E-state index in [2.05, 4.69) is 6.58 Å². The maximum absolute atomic E-state index is 12.5. The summed E-state index contributed by atoms with van der Waals surface area (Å²) in [6, 6.07) is 1.83. The number of aromatic nitrogens is 1. The average Bonchev–Trinajstić information content (AvgIpc) is 2.80. The Morgan fingerprint density at radius 1 is 1.53 bits per heavy atom. The molecule has 0 atom stereocenters. The van der Waals surface area contributed by atoms with Crippen LogP contribution in [0, 0.1) is 0 Å². The largest absolute Gasteiger partial charge is 0.346 e. The maximum atomic E-state index is 12.5. The van der Waals surface area contributed by atoms with Crippen LogP contribution in [-0.4, -0.2) is 30.4 Å². The van der Waals surface area contributed by atoms with Gasteiger partial charge in [0, 0.05) is 37.6 Å². The topological polar surface area (TPSA) is 68.3 Å². The Bertz CT molecular complexity index is 532. The van der Waals surface area contributed by atoms with Crippen molar-refractivity contribution < 1.29 is 8.42 Å². The lowest BCUT2D eigenvalue weighted by molar-refractivity contribution is 0.459. The molecule has 5 nitrogen and oxygen atoms in total. The first-order valence-electron chi connectivity index (χ1n) is 6.40. The minimum absolute atomic E-state index is 0.178. The number of nitrogens with zero attached hydrogens (tertiary/aromatic N) is 2. The predicted octanol–water partition coefficient (Wildman–Crippen LogP) is 1.72. The molecule has 108 valence electrons. The molecule has 0 amide bonds. The third-order valence-corrected chi connectivity index (χ3v) is 4.90. The highest BCUT2D eigenvalue weighted by atomic mass is 32.2. The van der Waals surface area contributed by atoms with Crippen LogP contribution in [0.4, 0.5) is 0 Å². The van der Waals surface area contributed by atoms with Gasteiger partial charge in [-0.15, -0.1) is 6.58 Å². The zero-order valence-corrected chi connectivity index (χ0v) is 12.7. The van der Waals surface area contributed by atoms with E-state index < -0.39 is 10.0 Å². The van der Waals surface area contributed by atoms with E-state index in [0.717, 1.165) is 5.69 Å². The van der Waals surface area contributed by atoms with Crippen LogP contribution < -0.4 is 5.73 Å². The lowest BCUT2D eigenvalue weighted by atomic mass is 10.3. The van der Waals surface area contributed by atoms with E-state index >= 15 is 0 Å². The molecule has 0 aliphatic carbocycles. The summed E-state index contributed by atoms with van der Waals surface area (Å²) in [6.45, 7) is 10.4. The molecule has 0 bridgehead atoms. The van der Waals surface area contributed by atoms with Crippen molar-refractivity contribution in [2.24, 2.45) is 5.73 Å². The Balaban J connectivity index is 3.25. The minimum atomic E-state index is -3.47. The lowest BCUT2D eigenvalue weighted by Crippen LogP contribution is -2.30. The first kappa shape index (κ1) is 15.9. The molecule has 19 heavy (non-hydrogen) atoms. The third kappa shape index (κ3) is 3.26. The molecular weight excluding hydrogens is 262 g/mol. The van der Waals surface area contributed by atoms with Crippen molar-refractivity contribution in [1.29, 1.82) is 0 Å². The standard InChI is InChI=1S/C13H23N3O2S/c1-5-7-15(6-2)19(17,18)13-8-12(9-14)16(10-13)11(3)4/h5,8,10-11H,1,6-7,9,14H2,2-4H3. The number of likely N-dealkylation sites (N-methyl/N-ethyl adjacent to an activating group) is 1. The highest BCUT2D eigenvalue weighted by Crippen LogP contribution is 2.21. The van der Waals surface area contributed by atoms with Crippen LogP contribution in [-0.2, 0) is 16.6 Å². The molecule has 0 unspecified atom stereocenters. The molecule has 6 heteroatoms. The fraction of sp³-hybridized carbons (Fsp3) is 0.538. The second kappa shape index (κ2) is 6.36. The van der Waals surface area contributed by atoms with Gasteiger partial charge < -0.3 is 10.3 Å². The predicted molar refractivity (Wildman–Crippen MR) is 77.3 cm³/mol. The van der Waals surface area contributed by atoms with Gasteiger partial charge in [-0.05, 0) is 19.9 Å². The molecule has 0 aliphatic rings. The summed E-state index contributed by atoms with van der Waals surface area (Å²) >= 11 is 0. The van der Waals surface area contributed by atoms with Gasteiger partial charge in [-0.25, -0.2) is 8.42 Å². The Morgan fingerprint density at radius 2 is 2.16 bits per heavy atom. The number of nitrogens with two attached hydrogens (primary N) is 1. The Hall–Kier alpha value is -1.11. The van der Waals surface area contributed by atoms with E-state index in [0.29, 0.717) is 24.5 Å². The quantitative estimate of drug-likeness (QED) is 0.776. The number of sulfonamides is 1. The molecule has 0 aromatic carbocycles. The Kier molecular flexibility index (Phi) is 5.34. The summed E-state index contributed by atoms with van der Waals surface area (Å²) in [6.07, 6.45) is 3.25. The van der Waals surface area contributed by atoms with Gasteiger partial charge in [-0.3, -0.25) is 0 Å². The number of rotatable bonds is 7. The molecule has 0 aliphatic heterocycles. The fourth-order valence-corrected chi connectivity index (χ4v) is 3.44. The number of hydrogen-bond acceptors (Lipinski definition) is 3. The highest BCUT2D eigenvalue weighted by Gasteiger charge is 2.24. The molecule has 0 radical (unpaired) electrons. The van der Waals surface area contributed by atoms with Crippen molar-refractivity contribution in [2.45, 2.75) is 38.3 Å². The second-order valence-corrected chi connectivity index (χ2v) is 6.55. The summed E-state index contributed by atoms with van der Waals surface area (Å²) < 4.78 is 28.2. The Labute approximate surface area is 115 Å². The van der Waals surface area contributed by atoms with Crippen LogP contribution in [0.25, 0.3) is 0 Å². The van der Waals surface area contributed by atoms with Gasteiger partial charge in [0.1, 0.15) is 4.90 Å². The average molecular weight is 285 g/mol. The molecule has 2 N–H and O–H groups in total. The van der Waals surface area contributed by atoms with Gasteiger partial charge in [0.2, 0.25) is 10.0 Å². The van der Waals surface area contributed by atoms with Crippen molar-refractivity contribution in [3.05, 3.63) is 30.6 Å². The zero-order chi connectivity index (χ0) is 14.6. The van der Waals surface area contributed by atoms with Gasteiger partial charge in [0.25, 0.3) is 0 Å². The molecule has 0 saturated heterocycles. The minimum Gasteiger partial charge on any atom is -0.346 e. The molecule has 1 heterocycles. The van der Waals surface area contributed by atoms with E-state index in [1.807, 2.05) is 25.3 Å². The summed E-state index contributed by atoms with van der Waals surface area (Å²) in [5.41, 5.74) is 6.49. The molecule has 1 aromatic heterocycles. The van der Waals surface area contributed by atoms with E-state index in [1.54, 1.807) is 18.3 Å². The molecule has 0 spiro atoms. The second-order valence-electron chi connectivity index (χ2n) is 4.62. The monoisotopic (exact) mass is 285 g/mol. The molecule has 0 fully saturated rings. The fourth-order valence-electron chi connectivity index (χ4n) is 1.97. The van der Waals surface area contributed by atoms with Crippen LogP contribution in [0.15, 0.2) is 29.8 Å². The van der Waals surface area contributed by atoms with Gasteiger partial charge in [0.15, 0.2) is 0 Å². The first-order chi connectivity index (χ1) is 8.88. The van der Waals surface area contributed by atoms with E-state index in [9.17, 15) is 8.42 Å². The normalized spacial score (nSPS) is 12.3. The van der Waals surface area contributed by atoms with Crippen LogP contribution in [0.2, 0.25) is 0 Å². The van der Waals surface area contributed by atoms with E-state index in [-0.39, 0.29) is 6.04 Å². The maximum Gasteiger partial charge on any atom is 0.244 e. The van der Waals surface area contributed by atoms with Crippen LogP contribution in [0.1, 0.15) is 32.5 Å². The van der Waals surface area contributed by atoms with Gasteiger partial charge in [-0.2, -0.15) is 4.31 Å². The van der Waals surface area contributed by atoms with E-state index in [4.69, 9.17) is 5.73 Å². The van der Waals surface area contributed by atoms with Crippen LogP contribution >= 0.6 is 0 Å². The zero-order valence-electron chi connectivity index (χ0n) is 11.8. The molecule has 1 rings (SSSR count). The highest BCUT2D eigenvalue weighted by molar-refractivity contribution is 7.89. The summed E-state index contributed by atoms with van der Waals surface area (Å²) in [5, 5.41) is 0. The van der Waals surface area contributed by atoms with Gasteiger partial charge >= 0.3 is 0 Å². The Morgan fingerprint density at radius 3 is 2.53 bits per heavy atom. The summed E-state index contributed by atoms with van der Waals surface area (Å²) in [7, 11) is -3.47. The summed E-state index contributed by atoms with van der Waals surface area (Å²) in [5.74, 6) is 0. The van der Waals surface area contributed by atoms with Crippen molar-refractivity contribution in [3.63, 3.8) is 0 Å². The van der Waals surface area contributed by atoms with Crippen molar-refractivity contribution in [1.82, 2.24) is 8.87 Å².